The number of nitrogens with zero attached hydrogens (tertiary/aromatic N) is 2. The van der Waals surface area contributed by atoms with Gasteiger partial charge in [-0.2, -0.15) is 0 Å². The van der Waals surface area contributed by atoms with Crippen molar-refractivity contribution in [2.45, 2.75) is 6.42 Å². The number of nitrogens with one attached hydrogen (secondary N) is 1. The van der Waals surface area contributed by atoms with Gasteiger partial charge in [0.2, 0.25) is 5.91 Å². The molecule has 2 aromatic carbocycles. The van der Waals surface area contributed by atoms with Crippen LogP contribution in [0.2, 0.25) is 0 Å². The smallest absolute Gasteiger partial charge is 0.254 e. The molecule has 1 N–H and O–H groups in total. The number of piperazine rings is 1. The average molecular weight is 373 g/mol. The van der Waals surface area contributed by atoms with Crippen LogP contribution in [0.1, 0.15) is 16.8 Å². The standard InChI is InChI=1S/C20H21F2N3O2/c21-17-7-6-15(14-18(17)22)20(27)25-12-10-24(11-13-25)9-8-19(26)23-16-4-2-1-3-5-16/h1-7,14H,8-13H2,(H,23,26). The Labute approximate surface area is 156 Å². The van der Waals surface area contributed by atoms with E-state index in [4.69, 9.17) is 0 Å². The normalized spacial score (nSPS) is 14.8. The number of benzene rings is 2. The molecule has 27 heavy (non-hydrogen) atoms. The van der Waals surface area contributed by atoms with Crippen molar-refractivity contribution in [1.29, 1.82) is 0 Å². The van der Waals surface area contributed by atoms with Crippen molar-refractivity contribution < 1.29 is 18.4 Å². The van der Waals surface area contributed by atoms with E-state index in [9.17, 15) is 18.4 Å². The molecule has 0 saturated carbocycles. The maximum absolute atomic E-state index is 13.3. The number of halogens is 2. The number of amides is 2. The summed E-state index contributed by atoms with van der Waals surface area (Å²) in [5, 5.41) is 2.84. The van der Waals surface area contributed by atoms with E-state index in [1.54, 1.807) is 4.90 Å². The van der Waals surface area contributed by atoms with Crippen molar-refractivity contribution in [3.05, 3.63) is 65.7 Å². The Morgan fingerprint density at radius 2 is 1.63 bits per heavy atom. The zero-order chi connectivity index (χ0) is 19.2. The van der Waals surface area contributed by atoms with Crippen LogP contribution in [-0.2, 0) is 4.79 Å². The van der Waals surface area contributed by atoms with Crippen molar-refractivity contribution in [3.8, 4) is 0 Å². The molecular weight excluding hydrogens is 352 g/mol. The molecular formula is C20H21F2N3O2. The first kappa shape index (κ1) is 19.0. The number of carbonyl (C=O) groups excluding carboxylic acids is 2. The second-order valence-electron chi connectivity index (χ2n) is 6.43. The average Bonchev–Trinajstić information content (AvgIpc) is 2.69. The molecule has 0 aromatic heterocycles. The van der Waals surface area contributed by atoms with E-state index < -0.39 is 11.6 Å². The molecule has 1 heterocycles. The minimum absolute atomic E-state index is 0.0542. The predicted octanol–water partition coefficient (Wildman–Crippen LogP) is 2.75. The first-order chi connectivity index (χ1) is 13.0. The van der Waals surface area contributed by atoms with Crippen LogP contribution in [-0.4, -0.2) is 54.3 Å². The summed E-state index contributed by atoms with van der Waals surface area (Å²) >= 11 is 0. The molecule has 0 unspecified atom stereocenters. The number of hydrogen-bond donors (Lipinski definition) is 1. The lowest BCUT2D eigenvalue weighted by Crippen LogP contribution is -2.49. The predicted molar refractivity (Wildman–Crippen MR) is 98.4 cm³/mol. The van der Waals surface area contributed by atoms with E-state index in [0.29, 0.717) is 39.1 Å². The van der Waals surface area contributed by atoms with E-state index in [1.165, 1.54) is 6.07 Å². The van der Waals surface area contributed by atoms with Crippen molar-refractivity contribution in [2.24, 2.45) is 0 Å². The van der Waals surface area contributed by atoms with Gasteiger partial charge in [-0.1, -0.05) is 18.2 Å². The summed E-state index contributed by atoms with van der Waals surface area (Å²) in [7, 11) is 0. The highest BCUT2D eigenvalue weighted by Crippen LogP contribution is 2.13. The van der Waals surface area contributed by atoms with Crippen LogP contribution in [0.25, 0.3) is 0 Å². The molecule has 2 amide bonds. The lowest BCUT2D eigenvalue weighted by molar-refractivity contribution is -0.116. The molecule has 1 saturated heterocycles. The lowest BCUT2D eigenvalue weighted by Gasteiger charge is -2.34. The van der Waals surface area contributed by atoms with Crippen LogP contribution in [0, 0.1) is 11.6 Å². The van der Waals surface area contributed by atoms with E-state index >= 15 is 0 Å². The Kier molecular flexibility index (Phi) is 6.13. The van der Waals surface area contributed by atoms with Gasteiger partial charge in [0.1, 0.15) is 0 Å². The number of carbonyl (C=O) groups is 2. The molecule has 7 heteroatoms. The molecule has 0 aliphatic carbocycles. The summed E-state index contributed by atoms with van der Waals surface area (Å²) < 4.78 is 26.3. The largest absolute Gasteiger partial charge is 0.336 e. The van der Waals surface area contributed by atoms with Crippen molar-refractivity contribution >= 4 is 17.5 Å². The van der Waals surface area contributed by atoms with E-state index in [2.05, 4.69) is 10.2 Å². The maximum atomic E-state index is 13.3. The SMILES string of the molecule is O=C(CCN1CCN(C(=O)c2ccc(F)c(F)c2)CC1)Nc1ccccc1. The molecule has 0 radical (unpaired) electrons. The Morgan fingerprint density at radius 3 is 2.30 bits per heavy atom. The highest BCUT2D eigenvalue weighted by molar-refractivity contribution is 5.94. The Bertz CT molecular complexity index is 806. The summed E-state index contributed by atoms with van der Waals surface area (Å²) in [6.45, 7) is 2.84. The van der Waals surface area contributed by atoms with Gasteiger partial charge in [0.15, 0.2) is 11.6 Å². The zero-order valence-electron chi connectivity index (χ0n) is 14.8. The number of rotatable bonds is 5. The van der Waals surface area contributed by atoms with Crippen molar-refractivity contribution in [2.75, 3.05) is 38.0 Å². The summed E-state index contributed by atoms with van der Waals surface area (Å²) in [6.07, 6.45) is 0.367. The molecule has 1 aliphatic heterocycles. The third-order valence-corrected chi connectivity index (χ3v) is 4.54. The van der Waals surface area contributed by atoms with Gasteiger partial charge in [0.25, 0.3) is 5.91 Å². The first-order valence-electron chi connectivity index (χ1n) is 8.84. The summed E-state index contributed by atoms with van der Waals surface area (Å²) in [5.41, 5.74) is 0.911. The third-order valence-electron chi connectivity index (χ3n) is 4.54. The first-order valence-corrected chi connectivity index (χ1v) is 8.84. The van der Waals surface area contributed by atoms with Crippen LogP contribution in [0.5, 0.6) is 0 Å². The molecule has 0 spiro atoms. The lowest BCUT2D eigenvalue weighted by atomic mass is 10.1. The minimum Gasteiger partial charge on any atom is -0.336 e. The Hall–Kier alpha value is -2.80. The number of anilines is 1. The third kappa shape index (κ3) is 5.10. The molecule has 0 bridgehead atoms. The highest BCUT2D eigenvalue weighted by Gasteiger charge is 2.23. The fraction of sp³-hybridized carbons (Fsp3) is 0.300. The van der Waals surface area contributed by atoms with Crippen LogP contribution in [0.15, 0.2) is 48.5 Å². The van der Waals surface area contributed by atoms with Crippen molar-refractivity contribution in [1.82, 2.24) is 9.80 Å². The molecule has 1 aliphatic rings. The van der Waals surface area contributed by atoms with Gasteiger partial charge in [-0.15, -0.1) is 0 Å². The molecule has 1 fully saturated rings. The van der Waals surface area contributed by atoms with Gasteiger partial charge in [-0.25, -0.2) is 8.78 Å². The Balaban J connectivity index is 1.44. The molecule has 0 atom stereocenters. The van der Waals surface area contributed by atoms with Crippen LogP contribution in [0.4, 0.5) is 14.5 Å². The summed E-state index contributed by atoms with van der Waals surface area (Å²) in [6, 6.07) is 12.5. The summed E-state index contributed by atoms with van der Waals surface area (Å²) in [5.74, 6) is -2.36. The minimum atomic E-state index is -1.02. The second kappa shape index (κ2) is 8.73. The molecule has 5 nitrogen and oxygen atoms in total. The maximum Gasteiger partial charge on any atom is 0.254 e. The second-order valence-corrected chi connectivity index (χ2v) is 6.43. The van der Waals surface area contributed by atoms with Crippen LogP contribution in [0.3, 0.4) is 0 Å². The zero-order valence-corrected chi connectivity index (χ0v) is 14.8. The molecule has 3 rings (SSSR count). The van der Waals surface area contributed by atoms with Crippen LogP contribution >= 0.6 is 0 Å². The molecule has 142 valence electrons. The van der Waals surface area contributed by atoms with Crippen LogP contribution < -0.4 is 5.32 Å². The topological polar surface area (TPSA) is 52.7 Å². The number of para-hydroxylation sites is 1. The van der Waals surface area contributed by atoms with E-state index in [1.807, 2.05) is 30.3 Å². The van der Waals surface area contributed by atoms with E-state index in [0.717, 1.165) is 17.8 Å². The highest BCUT2D eigenvalue weighted by atomic mass is 19.2. The fourth-order valence-corrected chi connectivity index (χ4v) is 2.99. The fourth-order valence-electron chi connectivity index (χ4n) is 2.99. The quantitative estimate of drug-likeness (QED) is 0.877. The van der Waals surface area contributed by atoms with Gasteiger partial charge in [-0.3, -0.25) is 14.5 Å². The summed E-state index contributed by atoms with van der Waals surface area (Å²) in [4.78, 5) is 28.1. The number of hydrogen-bond acceptors (Lipinski definition) is 3. The van der Waals surface area contributed by atoms with Gasteiger partial charge in [-0.05, 0) is 30.3 Å². The van der Waals surface area contributed by atoms with Gasteiger partial charge < -0.3 is 10.2 Å². The monoisotopic (exact) mass is 373 g/mol. The van der Waals surface area contributed by atoms with Gasteiger partial charge in [0, 0.05) is 50.4 Å². The van der Waals surface area contributed by atoms with E-state index in [-0.39, 0.29) is 17.4 Å². The van der Waals surface area contributed by atoms with Gasteiger partial charge >= 0.3 is 0 Å². The Morgan fingerprint density at radius 1 is 0.926 bits per heavy atom. The van der Waals surface area contributed by atoms with Crippen molar-refractivity contribution in [3.63, 3.8) is 0 Å². The van der Waals surface area contributed by atoms with Gasteiger partial charge in [0.05, 0.1) is 0 Å². The molecule has 2 aromatic rings.